The lowest BCUT2D eigenvalue weighted by atomic mass is 9.95. The molecule has 8 aromatic rings. The molecule has 0 radical (unpaired) electrons. The van der Waals surface area contributed by atoms with E-state index in [2.05, 4.69) is 108 Å². The lowest BCUT2D eigenvalue weighted by molar-refractivity contribution is 0.633. The Morgan fingerprint density at radius 2 is 1.17 bits per heavy atom. The molecule has 164 valence electrons. The SMILES string of the molecule is Ic1ccc(-c2ccc3cc4oc5c(ccc6c7ccccc7oc65)c4cc3c2)c2ccccc12. The molecular weight excluding hydrogens is 543 g/mol. The van der Waals surface area contributed by atoms with E-state index in [-0.39, 0.29) is 0 Å². The third-order valence-corrected chi connectivity index (χ3v) is 8.06. The van der Waals surface area contributed by atoms with Gasteiger partial charge in [-0.3, -0.25) is 0 Å². The Kier molecular flexibility index (Phi) is 3.95. The quantitative estimate of drug-likeness (QED) is 0.187. The van der Waals surface area contributed by atoms with Gasteiger partial charge in [0, 0.05) is 25.1 Å². The van der Waals surface area contributed by atoms with Crippen LogP contribution in [-0.2, 0) is 0 Å². The van der Waals surface area contributed by atoms with Crippen LogP contribution in [0, 0.1) is 3.57 Å². The number of benzene rings is 6. The molecule has 0 amide bonds. The molecule has 2 nitrogen and oxygen atoms in total. The fraction of sp³-hybridized carbons (Fsp3) is 0. The lowest BCUT2D eigenvalue weighted by Gasteiger charge is -2.10. The highest BCUT2D eigenvalue weighted by Crippen LogP contribution is 2.40. The van der Waals surface area contributed by atoms with Crippen LogP contribution in [0.4, 0.5) is 0 Å². The zero-order valence-corrected chi connectivity index (χ0v) is 20.7. The van der Waals surface area contributed by atoms with Crippen molar-refractivity contribution in [1.29, 1.82) is 0 Å². The monoisotopic (exact) mass is 560 g/mol. The van der Waals surface area contributed by atoms with Gasteiger partial charge in [-0.15, -0.1) is 0 Å². The van der Waals surface area contributed by atoms with Gasteiger partial charge in [0.2, 0.25) is 0 Å². The Hall–Kier alpha value is -3.83. The third kappa shape index (κ3) is 2.76. The van der Waals surface area contributed by atoms with E-state index < -0.39 is 0 Å². The number of hydrogen-bond acceptors (Lipinski definition) is 2. The van der Waals surface area contributed by atoms with Crippen LogP contribution in [0.15, 0.2) is 112 Å². The predicted molar refractivity (Wildman–Crippen MR) is 154 cm³/mol. The molecule has 2 heterocycles. The van der Waals surface area contributed by atoms with Crippen LogP contribution >= 0.6 is 22.6 Å². The molecule has 0 N–H and O–H groups in total. The highest BCUT2D eigenvalue weighted by Gasteiger charge is 2.16. The first-order valence-electron chi connectivity index (χ1n) is 11.6. The standard InChI is InChI=1S/C32H17IO2/c33-28-14-13-21(22-5-1-2-6-23(22)28)19-10-9-18-17-30-27(16-20(18)15-19)26-12-11-25-24-7-3-4-8-29(24)34-31(25)32(26)35-30/h1-17H. The van der Waals surface area contributed by atoms with Gasteiger partial charge in [-0.1, -0.05) is 60.7 Å². The van der Waals surface area contributed by atoms with Crippen LogP contribution in [0.1, 0.15) is 0 Å². The molecule has 35 heavy (non-hydrogen) atoms. The highest BCUT2D eigenvalue weighted by atomic mass is 127. The zero-order chi connectivity index (χ0) is 23.1. The molecule has 0 aliphatic carbocycles. The second-order valence-electron chi connectivity index (χ2n) is 9.07. The molecule has 6 aromatic carbocycles. The van der Waals surface area contributed by atoms with Crippen LogP contribution in [0.2, 0.25) is 0 Å². The van der Waals surface area contributed by atoms with Crippen molar-refractivity contribution in [3.63, 3.8) is 0 Å². The fourth-order valence-electron chi connectivity index (χ4n) is 5.44. The first-order valence-corrected chi connectivity index (χ1v) is 12.7. The Labute approximate surface area is 213 Å². The topological polar surface area (TPSA) is 26.3 Å². The number of para-hydroxylation sites is 1. The highest BCUT2D eigenvalue weighted by molar-refractivity contribution is 14.1. The van der Waals surface area contributed by atoms with Crippen LogP contribution in [-0.4, -0.2) is 0 Å². The first kappa shape index (κ1) is 19.5. The summed E-state index contributed by atoms with van der Waals surface area (Å²) < 4.78 is 13.9. The summed E-state index contributed by atoms with van der Waals surface area (Å²) >= 11 is 2.42. The van der Waals surface area contributed by atoms with Gasteiger partial charge in [0.05, 0.1) is 0 Å². The van der Waals surface area contributed by atoms with E-state index in [1.807, 2.05) is 18.2 Å². The van der Waals surface area contributed by atoms with Crippen LogP contribution in [0.5, 0.6) is 0 Å². The maximum atomic E-state index is 6.39. The summed E-state index contributed by atoms with van der Waals surface area (Å²) in [6.45, 7) is 0. The normalized spacial score (nSPS) is 12.1. The van der Waals surface area contributed by atoms with E-state index >= 15 is 0 Å². The maximum Gasteiger partial charge on any atom is 0.178 e. The third-order valence-electron chi connectivity index (χ3n) is 7.12. The van der Waals surface area contributed by atoms with E-state index in [9.17, 15) is 0 Å². The summed E-state index contributed by atoms with van der Waals surface area (Å²) in [6.07, 6.45) is 0. The smallest absolute Gasteiger partial charge is 0.178 e. The Bertz CT molecular complexity index is 2130. The van der Waals surface area contributed by atoms with Gasteiger partial charge in [0.1, 0.15) is 11.2 Å². The summed E-state index contributed by atoms with van der Waals surface area (Å²) in [4.78, 5) is 0. The lowest BCUT2D eigenvalue weighted by Crippen LogP contribution is -1.85. The summed E-state index contributed by atoms with van der Waals surface area (Å²) in [6, 6.07) is 36.6. The molecule has 0 bridgehead atoms. The number of halogens is 1. The van der Waals surface area contributed by atoms with Crippen molar-refractivity contribution in [2.75, 3.05) is 0 Å². The molecule has 0 saturated carbocycles. The Morgan fingerprint density at radius 1 is 0.457 bits per heavy atom. The number of furan rings is 2. The van der Waals surface area contributed by atoms with Gasteiger partial charge in [-0.25, -0.2) is 0 Å². The second-order valence-corrected chi connectivity index (χ2v) is 10.2. The van der Waals surface area contributed by atoms with E-state index in [0.29, 0.717) is 0 Å². The molecule has 0 atom stereocenters. The zero-order valence-electron chi connectivity index (χ0n) is 18.5. The predicted octanol–water partition coefficient (Wildman–Crippen LogP) is 10.1. The van der Waals surface area contributed by atoms with Gasteiger partial charge >= 0.3 is 0 Å². The van der Waals surface area contributed by atoms with Crippen molar-refractivity contribution in [3.05, 3.63) is 107 Å². The number of fused-ring (bicyclic) bond motifs is 9. The Morgan fingerprint density at radius 3 is 2.03 bits per heavy atom. The summed E-state index contributed by atoms with van der Waals surface area (Å²) in [5.41, 5.74) is 5.87. The summed E-state index contributed by atoms with van der Waals surface area (Å²) in [5, 5.41) is 9.32. The molecular formula is C32H17IO2. The van der Waals surface area contributed by atoms with E-state index in [0.717, 1.165) is 49.3 Å². The van der Waals surface area contributed by atoms with Crippen molar-refractivity contribution >= 4 is 88.0 Å². The molecule has 0 spiro atoms. The van der Waals surface area contributed by atoms with Crippen molar-refractivity contribution in [2.45, 2.75) is 0 Å². The average molecular weight is 560 g/mol. The second kappa shape index (κ2) is 7.09. The van der Waals surface area contributed by atoms with Crippen LogP contribution in [0.3, 0.4) is 0 Å². The number of rotatable bonds is 1. The largest absolute Gasteiger partial charge is 0.452 e. The minimum atomic E-state index is 0.813. The molecule has 2 aromatic heterocycles. The fourth-order valence-corrected chi connectivity index (χ4v) is 6.09. The van der Waals surface area contributed by atoms with E-state index in [4.69, 9.17) is 8.83 Å². The van der Waals surface area contributed by atoms with Crippen molar-refractivity contribution < 1.29 is 8.83 Å². The molecule has 0 saturated heterocycles. The average Bonchev–Trinajstić information content (AvgIpc) is 3.45. The van der Waals surface area contributed by atoms with Gasteiger partial charge in [0.15, 0.2) is 11.2 Å². The van der Waals surface area contributed by atoms with Gasteiger partial charge in [0.25, 0.3) is 0 Å². The van der Waals surface area contributed by atoms with E-state index in [1.165, 1.54) is 30.9 Å². The minimum Gasteiger partial charge on any atom is -0.452 e. The number of hydrogen-bond donors (Lipinski definition) is 0. The van der Waals surface area contributed by atoms with Crippen LogP contribution < -0.4 is 0 Å². The maximum absolute atomic E-state index is 6.39. The molecule has 3 heteroatoms. The van der Waals surface area contributed by atoms with Crippen molar-refractivity contribution in [3.8, 4) is 11.1 Å². The van der Waals surface area contributed by atoms with Crippen molar-refractivity contribution in [2.24, 2.45) is 0 Å². The van der Waals surface area contributed by atoms with Crippen LogP contribution in [0.25, 0.3) is 76.5 Å². The molecule has 0 aliphatic rings. The van der Waals surface area contributed by atoms with E-state index in [1.54, 1.807) is 0 Å². The van der Waals surface area contributed by atoms with Gasteiger partial charge in [-0.05, 0) is 97.7 Å². The summed E-state index contributed by atoms with van der Waals surface area (Å²) in [5.74, 6) is 0. The minimum absolute atomic E-state index is 0.813. The first-order chi connectivity index (χ1) is 17.2. The molecule has 0 fully saturated rings. The molecule has 0 unspecified atom stereocenters. The Balaban J connectivity index is 1.39. The molecule has 8 rings (SSSR count). The van der Waals surface area contributed by atoms with Crippen molar-refractivity contribution in [1.82, 2.24) is 0 Å². The summed E-state index contributed by atoms with van der Waals surface area (Å²) in [7, 11) is 0. The molecule has 0 aliphatic heterocycles. The van der Waals surface area contributed by atoms with Gasteiger partial charge < -0.3 is 8.83 Å². The van der Waals surface area contributed by atoms with Gasteiger partial charge in [-0.2, -0.15) is 0 Å².